The molecule has 4 heteroatoms. The lowest BCUT2D eigenvalue weighted by Gasteiger charge is -2.15. The van der Waals surface area contributed by atoms with Gasteiger partial charge in [-0.15, -0.1) is 0 Å². The maximum absolute atomic E-state index is 12.6. The zero-order valence-electron chi connectivity index (χ0n) is 15.6. The fourth-order valence-electron chi connectivity index (χ4n) is 3.56. The number of amides is 1. The van der Waals surface area contributed by atoms with Crippen molar-refractivity contribution in [1.82, 2.24) is 0 Å². The van der Waals surface area contributed by atoms with Crippen molar-refractivity contribution >= 4 is 17.7 Å². The minimum atomic E-state index is -0.414. The Morgan fingerprint density at radius 1 is 1.04 bits per heavy atom. The SMILES string of the molecule is COc1cccc(O)c1C(=O)Nc1ccc(-c2cccc3c2C=CCC3)cc1. The first-order valence-corrected chi connectivity index (χ1v) is 9.23. The Kier molecular flexibility index (Phi) is 4.85. The van der Waals surface area contributed by atoms with Crippen LogP contribution in [0.15, 0.2) is 66.7 Å². The summed E-state index contributed by atoms with van der Waals surface area (Å²) in [5.74, 6) is -0.198. The highest BCUT2D eigenvalue weighted by Crippen LogP contribution is 2.32. The predicted octanol–water partition coefficient (Wildman–Crippen LogP) is 5.28. The maximum Gasteiger partial charge on any atom is 0.263 e. The van der Waals surface area contributed by atoms with Crippen LogP contribution in [0.3, 0.4) is 0 Å². The van der Waals surface area contributed by atoms with E-state index in [2.05, 4.69) is 35.7 Å². The number of benzene rings is 3. The van der Waals surface area contributed by atoms with E-state index in [1.54, 1.807) is 12.1 Å². The molecule has 3 aromatic rings. The summed E-state index contributed by atoms with van der Waals surface area (Å²) in [6.45, 7) is 0. The predicted molar refractivity (Wildman–Crippen MR) is 112 cm³/mol. The molecule has 0 heterocycles. The van der Waals surface area contributed by atoms with E-state index < -0.39 is 5.91 Å². The lowest BCUT2D eigenvalue weighted by Crippen LogP contribution is -2.13. The van der Waals surface area contributed by atoms with Gasteiger partial charge in [-0.25, -0.2) is 0 Å². The standard InChI is InChI=1S/C24H21NO3/c1-28-22-11-5-10-21(26)23(22)24(27)25-18-14-12-17(13-15-18)20-9-4-7-16-6-2-3-8-19(16)20/h3-5,7-15,26H,2,6H2,1H3,(H,25,27). The number of hydrogen-bond donors (Lipinski definition) is 2. The number of nitrogens with one attached hydrogen (secondary N) is 1. The van der Waals surface area contributed by atoms with Crippen molar-refractivity contribution in [2.45, 2.75) is 12.8 Å². The van der Waals surface area contributed by atoms with Crippen molar-refractivity contribution < 1.29 is 14.6 Å². The average Bonchev–Trinajstić information content (AvgIpc) is 2.73. The Balaban J connectivity index is 1.59. The summed E-state index contributed by atoms with van der Waals surface area (Å²) in [6.07, 6.45) is 6.54. The van der Waals surface area contributed by atoms with Crippen LogP contribution in [0.4, 0.5) is 5.69 Å². The van der Waals surface area contributed by atoms with Crippen molar-refractivity contribution in [2.24, 2.45) is 0 Å². The monoisotopic (exact) mass is 371 g/mol. The van der Waals surface area contributed by atoms with Crippen molar-refractivity contribution in [3.63, 3.8) is 0 Å². The smallest absolute Gasteiger partial charge is 0.263 e. The molecule has 140 valence electrons. The first kappa shape index (κ1) is 17.9. The summed E-state index contributed by atoms with van der Waals surface area (Å²) in [7, 11) is 1.47. The molecule has 0 unspecified atom stereocenters. The number of aromatic hydroxyl groups is 1. The Labute approximate surface area is 164 Å². The Morgan fingerprint density at radius 2 is 1.82 bits per heavy atom. The number of phenolic OH excluding ortho intramolecular Hbond substituents is 1. The fourth-order valence-corrected chi connectivity index (χ4v) is 3.56. The number of hydrogen-bond acceptors (Lipinski definition) is 3. The van der Waals surface area contributed by atoms with Crippen molar-refractivity contribution in [1.29, 1.82) is 0 Å². The van der Waals surface area contributed by atoms with Gasteiger partial charge in [0.15, 0.2) is 0 Å². The number of aryl methyl sites for hydroxylation is 1. The summed E-state index contributed by atoms with van der Waals surface area (Å²) in [6, 6.07) is 18.9. The van der Waals surface area contributed by atoms with E-state index in [4.69, 9.17) is 4.74 Å². The van der Waals surface area contributed by atoms with Crippen LogP contribution in [0.25, 0.3) is 17.2 Å². The molecule has 0 atom stereocenters. The topological polar surface area (TPSA) is 58.6 Å². The third-order valence-electron chi connectivity index (χ3n) is 4.97. The molecule has 0 saturated carbocycles. The minimum Gasteiger partial charge on any atom is -0.507 e. The number of phenols is 1. The van der Waals surface area contributed by atoms with Gasteiger partial charge in [0, 0.05) is 5.69 Å². The number of ether oxygens (including phenoxy) is 1. The van der Waals surface area contributed by atoms with E-state index in [0.29, 0.717) is 11.4 Å². The van der Waals surface area contributed by atoms with Gasteiger partial charge >= 0.3 is 0 Å². The van der Waals surface area contributed by atoms with Crippen LogP contribution >= 0.6 is 0 Å². The third-order valence-corrected chi connectivity index (χ3v) is 4.97. The molecule has 4 rings (SSSR count). The normalized spacial score (nSPS) is 12.3. The molecule has 0 spiro atoms. The highest BCUT2D eigenvalue weighted by molar-refractivity contribution is 6.08. The van der Waals surface area contributed by atoms with Gasteiger partial charge in [-0.2, -0.15) is 0 Å². The summed E-state index contributed by atoms with van der Waals surface area (Å²) in [4.78, 5) is 12.6. The Morgan fingerprint density at radius 3 is 2.61 bits per heavy atom. The molecule has 1 aliphatic rings. The first-order valence-electron chi connectivity index (χ1n) is 9.23. The van der Waals surface area contributed by atoms with Crippen LogP contribution in [0.1, 0.15) is 27.9 Å². The Hall–Kier alpha value is -3.53. The fraction of sp³-hybridized carbons (Fsp3) is 0.125. The van der Waals surface area contributed by atoms with Crippen molar-refractivity contribution in [3.8, 4) is 22.6 Å². The molecule has 1 amide bonds. The van der Waals surface area contributed by atoms with E-state index in [0.717, 1.165) is 18.4 Å². The molecule has 0 saturated heterocycles. The molecule has 0 radical (unpaired) electrons. The molecular weight excluding hydrogens is 350 g/mol. The van der Waals surface area contributed by atoms with E-state index in [1.165, 1.54) is 29.9 Å². The number of anilines is 1. The van der Waals surface area contributed by atoms with Gasteiger partial charge in [0.2, 0.25) is 0 Å². The molecule has 0 bridgehead atoms. The minimum absolute atomic E-state index is 0.115. The van der Waals surface area contributed by atoms with E-state index in [9.17, 15) is 9.90 Å². The molecule has 28 heavy (non-hydrogen) atoms. The van der Waals surface area contributed by atoms with Crippen LogP contribution in [-0.2, 0) is 6.42 Å². The lowest BCUT2D eigenvalue weighted by molar-refractivity contribution is 0.102. The second-order valence-electron chi connectivity index (χ2n) is 6.71. The molecule has 2 N–H and O–H groups in total. The summed E-state index contributed by atoms with van der Waals surface area (Å²) < 4.78 is 5.19. The van der Waals surface area contributed by atoms with E-state index in [1.807, 2.05) is 24.3 Å². The molecule has 0 aromatic heterocycles. The van der Waals surface area contributed by atoms with Gasteiger partial charge in [0.1, 0.15) is 17.1 Å². The zero-order chi connectivity index (χ0) is 19.5. The quantitative estimate of drug-likeness (QED) is 0.656. The molecule has 0 aliphatic heterocycles. The number of allylic oxidation sites excluding steroid dienone is 1. The van der Waals surface area contributed by atoms with Gasteiger partial charge < -0.3 is 15.2 Å². The Bertz CT molecular complexity index is 1050. The molecule has 3 aromatic carbocycles. The molecule has 1 aliphatic carbocycles. The maximum atomic E-state index is 12.6. The highest BCUT2D eigenvalue weighted by Gasteiger charge is 2.17. The second-order valence-corrected chi connectivity index (χ2v) is 6.71. The molecule has 0 fully saturated rings. The van der Waals surface area contributed by atoms with Crippen molar-refractivity contribution in [3.05, 3.63) is 83.4 Å². The largest absolute Gasteiger partial charge is 0.507 e. The van der Waals surface area contributed by atoms with Gasteiger partial charge in [-0.1, -0.05) is 48.6 Å². The van der Waals surface area contributed by atoms with Crippen LogP contribution in [-0.4, -0.2) is 18.1 Å². The summed E-state index contributed by atoms with van der Waals surface area (Å²) >= 11 is 0. The van der Waals surface area contributed by atoms with Crippen LogP contribution < -0.4 is 10.1 Å². The third kappa shape index (κ3) is 3.37. The number of methoxy groups -OCH3 is 1. The average molecular weight is 371 g/mol. The summed E-state index contributed by atoms with van der Waals surface area (Å²) in [5, 5.41) is 12.9. The first-order chi connectivity index (χ1) is 13.7. The number of rotatable bonds is 4. The second kappa shape index (κ2) is 7.61. The number of fused-ring (bicyclic) bond motifs is 1. The molecule has 4 nitrogen and oxygen atoms in total. The van der Waals surface area contributed by atoms with Crippen LogP contribution in [0, 0.1) is 0 Å². The highest BCUT2D eigenvalue weighted by atomic mass is 16.5. The van der Waals surface area contributed by atoms with Crippen LogP contribution in [0.5, 0.6) is 11.5 Å². The van der Waals surface area contributed by atoms with Crippen molar-refractivity contribution in [2.75, 3.05) is 12.4 Å². The zero-order valence-corrected chi connectivity index (χ0v) is 15.6. The van der Waals surface area contributed by atoms with Gasteiger partial charge in [0.05, 0.1) is 7.11 Å². The van der Waals surface area contributed by atoms with Crippen LogP contribution in [0.2, 0.25) is 0 Å². The van der Waals surface area contributed by atoms with E-state index >= 15 is 0 Å². The van der Waals surface area contributed by atoms with Gasteiger partial charge in [-0.3, -0.25) is 4.79 Å². The van der Waals surface area contributed by atoms with Gasteiger partial charge in [-0.05, 0) is 59.4 Å². The molecular formula is C24H21NO3. The number of carbonyl (C=O) groups is 1. The number of carbonyl (C=O) groups excluding carboxylic acids is 1. The lowest BCUT2D eigenvalue weighted by atomic mass is 9.90. The summed E-state index contributed by atoms with van der Waals surface area (Å²) in [5.41, 5.74) is 5.69. The van der Waals surface area contributed by atoms with E-state index in [-0.39, 0.29) is 11.3 Å². The van der Waals surface area contributed by atoms with Gasteiger partial charge in [0.25, 0.3) is 5.91 Å².